The fraction of sp³-hybridized carbons (Fsp3) is 0.778. The molecule has 5 nitrogen and oxygen atoms in total. The van der Waals surface area contributed by atoms with E-state index >= 15 is 0 Å². The van der Waals surface area contributed by atoms with Crippen molar-refractivity contribution in [3.8, 4) is 0 Å². The normalized spacial score (nSPS) is 16.6. The van der Waals surface area contributed by atoms with Crippen molar-refractivity contribution in [1.82, 2.24) is 16.2 Å². The van der Waals surface area contributed by atoms with E-state index in [4.69, 9.17) is 12.2 Å². The first kappa shape index (κ1) is 12.0. The first-order valence-corrected chi connectivity index (χ1v) is 5.53. The summed E-state index contributed by atoms with van der Waals surface area (Å²) in [6.07, 6.45) is 5.51. The summed E-state index contributed by atoms with van der Waals surface area (Å²) in [5.74, 6) is 0. The van der Waals surface area contributed by atoms with Gasteiger partial charge in [0.2, 0.25) is 0 Å². The molecule has 0 aromatic carbocycles. The molecule has 0 spiro atoms. The van der Waals surface area contributed by atoms with E-state index in [2.05, 4.69) is 20.9 Å². The standard InChI is InChI=1S/C9H17N3O2S/c1-14-9(13)12-11-8(15)10-7-5-3-2-4-6-7/h7H,2-6H2,1H3,(H,12,13)(H2,10,11,15). The van der Waals surface area contributed by atoms with Crippen molar-refractivity contribution < 1.29 is 9.53 Å². The van der Waals surface area contributed by atoms with Crippen LogP contribution in [0, 0.1) is 0 Å². The Morgan fingerprint density at radius 2 is 1.93 bits per heavy atom. The van der Waals surface area contributed by atoms with Crippen molar-refractivity contribution in [3.05, 3.63) is 0 Å². The van der Waals surface area contributed by atoms with Gasteiger partial charge in [0, 0.05) is 6.04 Å². The summed E-state index contributed by atoms with van der Waals surface area (Å²) >= 11 is 5.01. The summed E-state index contributed by atoms with van der Waals surface area (Å²) in [4.78, 5) is 10.7. The lowest BCUT2D eigenvalue weighted by Gasteiger charge is -2.24. The maximum Gasteiger partial charge on any atom is 0.425 e. The summed E-state index contributed by atoms with van der Waals surface area (Å²) in [7, 11) is 1.30. The van der Waals surface area contributed by atoms with E-state index in [-0.39, 0.29) is 0 Å². The highest BCUT2D eigenvalue weighted by Crippen LogP contribution is 2.16. The van der Waals surface area contributed by atoms with E-state index in [0.29, 0.717) is 11.2 Å². The summed E-state index contributed by atoms with van der Waals surface area (Å²) in [5, 5.41) is 3.59. The van der Waals surface area contributed by atoms with Gasteiger partial charge in [-0.15, -0.1) is 0 Å². The molecule has 0 aromatic heterocycles. The zero-order valence-corrected chi connectivity index (χ0v) is 9.65. The molecule has 0 saturated heterocycles. The molecular formula is C9H17N3O2S. The Morgan fingerprint density at radius 1 is 1.27 bits per heavy atom. The number of amides is 1. The van der Waals surface area contributed by atoms with Crippen LogP contribution in [-0.4, -0.2) is 24.4 Å². The molecule has 0 unspecified atom stereocenters. The van der Waals surface area contributed by atoms with Crippen LogP contribution in [0.3, 0.4) is 0 Å². The molecule has 1 saturated carbocycles. The second-order valence-corrected chi connectivity index (χ2v) is 3.96. The third kappa shape index (κ3) is 4.83. The predicted octanol–water partition coefficient (Wildman–Crippen LogP) is 1.05. The molecule has 86 valence electrons. The monoisotopic (exact) mass is 231 g/mol. The molecule has 1 rings (SSSR count). The van der Waals surface area contributed by atoms with E-state index in [1.807, 2.05) is 0 Å². The van der Waals surface area contributed by atoms with Gasteiger partial charge in [-0.1, -0.05) is 19.3 Å². The maximum atomic E-state index is 10.7. The lowest BCUT2D eigenvalue weighted by Crippen LogP contribution is -2.50. The van der Waals surface area contributed by atoms with Crippen LogP contribution < -0.4 is 16.2 Å². The molecule has 6 heteroatoms. The zero-order chi connectivity index (χ0) is 11.1. The number of hydrazine groups is 1. The molecule has 0 atom stereocenters. The van der Waals surface area contributed by atoms with Crippen LogP contribution in [0.4, 0.5) is 4.79 Å². The van der Waals surface area contributed by atoms with E-state index in [9.17, 15) is 4.79 Å². The molecule has 0 bridgehead atoms. The minimum absolute atomic E-state index is 0.429. The number of hydrogen-bond acceptors (Lipinski definition) is 3. The highest BCUT2D eigenvalue weighted by molar-refractivity contribution is 7.80. The molecule has 0 heterocycles. The van der Waals surface area contributed by atoms with E-state index in [1.54, 1.807) is 0 Å². The topological polar surface area (TPSA) is 62.4 Å². The molecule has 3 N–H and O–H groups in total. The first-order valence-electron chi connectivity index (χ1n) is 5.13. The summed E-state index contributed by atoms with van der Waals surface area (Å²) in [6, 6.07) is 0.429. The van der Waals surface area contributed by atoms with Gasteiger partial charge in [0.15, 0.2) is 5.11 Å². The second kappa shape index (κ2) is 6.44. The highest BCUT2D eigenvalue weighted by atomic mass is 32.1. The number of nitrogens with one attached hydrogen (secondary N) is 3. The van der Waals surface area contributed by atoms with Gasteiger partial charge >= 0.3 is 6.09 Å². The lowest BCUT2D eigenvalue weighted by atomic mass is 9.96. The minimum atomic E-state index is -0.553. The molecule has 1 aliphatic rings. The highest BCUT2D eigenvalue weighted by Gasteiger charge is 2.13. The van der Waals surface area contributed by atoms with Crippen LogP contribution in [0.25, 0.3) is 0 Å². The largest absolute Gasteiger partial charge is 0.452 e. The predicted molar refractivity (Wildman–Crippen MR) is 61.3 cm³/mol. The number of ether oxygens (including phenoxy) is 1. The van der Waals surface area contributed by atoms with Gasteiger partial charge in [-0.05, 0) is 25.1 Å². The van der Waals surface area contributed by atoms with Crippen molar-refractivity contribution in [1.29, 1.82) is 0 Å². The van der Waals surface area contributed by atoms with Gasteiger partial charge in [0.05, 0.1) is 7.11 Å². The van der Waals surface area contributed by atoms with Crippen LogP contribution in [0.15, 0.2) is 0 Å². The Kier molecular flexibility index (Phi) is 5.17. The number of carbonyl (C=O) groups is 1. The molecule has 0 aromatic rings. The number of rotatable bonds is 1. The Morgan fingerprint density at radius 3 is 2.53 bits per heavy atom. The van der Waals surface area contributed by atoms with Crippen LogP contribution in [0.1, 0.15) is 32.1 Å². The SMILES string of the molecule is COC(=O)NNC(=S)NC1CCCCC1. The molecule has 15 heavy (non-hydrogen) atoms. The van der Waals surface area contributed by atoms with Gasteiger partial charge in [0.1, 0.15) is 0 Å². The molecular weight excluding hydrogens is 214 g/mol. The lowest BCUT2D eigenvalue weighted by molar-refractivity contribution is 0.168. The van der Waals surface area contributed by atoms with Crippen molar-refractivity contribution in [2.75, 3.05) is 7.11 Å². The number of hydrogen-bond donors (Lipinski definition) is 3. The fourth-order valence-corrected chi connectivity index (χ4v) is 1.84. The first-order chi connectivity index (χ1) is 7.22. The van der Waals surface area contributed by atoms with Crippen molar-refractivity contribution >= 4 is 23.4 Å². The quantitative estimate of drug-likeness (QED) is 0.465. The zero-order valence-electron chi connectivity index (χ0n) is 8.84. The molecule has 1 amide bonds. The smallest absolute Gasteiger partial charge is 0.425 e. The van der Waals surface area contributed by atoms with Crippen LogP contribution in [-0.2, 0) is 4.74 Å². The van der Waals surface area contributed by atoms with E-state index in [1.165, 1.54) is 26.4 Å². The van der Waals surface area contributed by atoms with Gasteiger partial charge in [-0.2, -0.15) is 0 Å². The third-order valence-electron chi connectivity index (χ3n) is 2.40. The Balaban J connectivity index is 2.14. The van der Waals surface area contributed by atoms with Crippen molar-refractivity contribution in [2.45, 2.75) is 38.1 Å². The summed E-state index contributed by atoms with van der Waals surface area (Å²) in [6.45, 7) is 0. The molecule has 1 aliphatic carbocycles. The maximum absolute atomic E-state index is 10.7. The minimum Gasteiger partial charge on any atom is -0.452 e. The third-order valence-corrected chi connectivity index (χ3v) is 2.62. The number of methoxy groups -OCH3 is 1. The Hall–Kier alpha value is -1.04. The fourth-order valence-electron chi connectivity index (χ4n) is 1.63. The van der Waals surface area contributed by atoms with Gasteiger partial charge in [-0.3, -0.25) is 5.43 Å². The molecule has 0 radical (unpaired) electrons. The van der Waals surface area contributed by atoms with Gasteiger partial charge in [-0.25, -0.2) is 10.2 Å². The Bertz CT molecular complexity index is 229. The van der Waals surface area contributed by atoms with Crippen LogP contribution in [0.5, 0.6) is 0 Å². The average molecular weight is 231 g/mol. The number of carbonyl (C=O) groups excluding carboxylic acids is 1. The molecule has 1 fully saturated rings. The van der Waals surface area contributed by atoms with Crippen LogP contribution >= 0.6 is 12.2 Å². The van der Waals surface area contributed by atoms with Gasteiger partial charge in [0.25, 0.3) is 0 Å². The van der Waals surface area contributed by atoms with E-state index in [0.717, 1.165) is 12.8 Å². The van der Waals surface area contributed by atoms with Gasteiger partial charge < -0.3 is 10.1 Å². The second-order valence-electron chi connectivity index (χ2n) is 3.55. The number of thiocarbonyl (C=S) groups is 1. The van der Waals surface area contributed by atoms with Crippen LogP contribution in [0.2, 0.25) is 0 Å². The van der Waals surface area contributed by atoms with Crippen molar-refractivity contribution in [3.63, 3.8) is 0 Å². The van der Waals surface area contributed by atoms with Crippen molar-refractivity contribution in [2.24, 2.45) is 0 Å². The summed E-state index contributed by atoms with van der Waals surface area (Å²) < 4.78 is 4.39. The molecule has 0 aliphatic heterocycles. The Labute approximate surface area is 94.9 Å². The summed E-state index contributed by atoms with van der Waals surface area (Å²) in [5.41, 5.74) is 4.88. The van der Waals surface area contributed by atoms with E-state index < -0.39 is 6.09 Å². The average Bonchev–Trinajstić information content (AvgIpc) is 2.27.